The third-order valence-electron chi connectivity index (χ3n) is 6.56. The van der Waals surface area contributed by atoms with E-state index in [9.17, 15) is 19.5 Å². The van der Waals surface area contributed by atoms with E-state index in [-0.39, 0.29) is 37.2 Å². The maximum Gasteiger partial charge on any atom is 0.407 e. The van der Waals surface area contributed by atoms with E-state index in [4.69, 9.17) is 4.74 Å². The highest BCUT2D eigenvalue weighted by Crippen LogP contribution is 2.44. The zero-order valence-corrected chi connectivity index (χ0v) is 19.8. The molecule has 1 fully saturated rings. The first-order chi connectivity index (χ1) is 17.0. The second-order valence-electron chi connectivity index (χ2n) is 8.73. The van der Waals surface area contributed by atoms with Gasteiger partial charge in [-0.05, 0) is 35.1 Å². The van der Waals surface area contributed by atoms with Crippen molar-refractivity contribution in [1.29, 1.82) is 0 Å². The van der Waals surface area contributed by atoms with Crippen LogP contribution in [0.3, 0.4) is 0 Å². The number of carboxylic acids is 1. The Morgan fingerprint density at radius 1 is 1.09 bits per heavy atom. The average molecular weight is 492 g/mol. The SMILES string of the molecule is O=C(NCc1nc(C(=O)N2CCC[C@H](C(=O)O)C2)cs1)OCC1c2ccccc2-c2ccccc21. The van der Waals surface area contributed by atoms with Crippen LogP contribution in [0.15, 0.2) is 53.9 Å². The number of carbonyl (C=O) groups excluding carboxylic acids is 2. The number of rotatable bonds is 6. The summed E-state index contributed by atoms with van der Waals surface area (Å²) in [5.74, 6) is -1.72. The van der Waals surface area contributed by atoms with E-state index in [1.54, 1.807) is 10.3 Å². The zero-order chi connectivity index (χ0) is 24.4. The van der Waals surface area contributed by atoms with E-state index in [1.165, 1.54) is 22.5 Å². The number of carbonyl (C=O) groups is 3. The van der Waals surface area contributed by atoms with Gasteiger partial charge in [-0.1, -0.05) is 48.5 Å². The number of carboxylic acid groups (broad SMARTS) is 1. The van der Waals surface area contributed by atoms with Crippen molar-refractivity contribution in [3.05, 3.63) is 75.7 Å². The Morgan fingerprint density at radius 2 is 1.77 bits per heavy atom. The quantitative estimate of drug-likeness (QED) is 0.537. The van der Waals surface area contributed by atoms with Crippen LogP contribution >= 0.6 is 11.3 Å². The number of nitrogens with zero attached hydrogens (tertiary/aromatic N) is 2. The zero-order valence-electron chi connectivity index (χ0n) is 19.0. The molecule has 2 aliphatic rings. The van der Waals surface area contributed by atoms with Gasteiger partial charge in [0, 0.05) is 24.4 Å². The molecule has 0 spiro atoms. The summed E-state index contributed by atoms with van der Waals surface area (Å²) < 4.78 is 5.54. The molecule has 2 amide bonds. The number of amides is 2. The van der Waals surface area contributed by atoms with Crippen LogP contribution in [0.5, 0.6) is 0 Å². The number of aromatic nitrogens is 1. The van der Waals surface area contributed by atoms with Crippen molar-refractivity contribution < 1.29 is 24.2 Å². The van der Waals surface area contributed by atoms with Crippen LogP contribution in [0.25, 0.3) is 11.1 Å². The van der Waals surface area contributed by atoms with Crippen LogP contribution in [0.4, 0.5) is 4.79 Å². The molecule has 2 aromatic carbocycles. The molecule has 0 unspecified atom stereocenters. The molecule has 35 heavy (non-hydrogen) atoms. The van der Waals surface area contributed by atoms with Crippen LogP contribution in [0.1, 0.15) is 45.4 Å². The molecule has 180 valence electrons. The largest absolute Gasteiger partial charge is 0.481 e. The minimum absolute atomic E-state index is 0.0172. The second-order valence-corrected chi connectivity index (χ2v) is 9.68. The van der Waals surface area contributed by atoms with Gasteiger partial charge >= 0.3 is 12.1 Å². The number of alkyl carbamates (subject to hydrolysis) is 1. The number of aliphatic carboxylic acids is 1. The number of thiazole rings is 1. The van der Waals surface area contributed by atoms with E-state index >= 15 is 0 Å². The number of benzene rings is 2. The van der Waals surface area contributed by atoms with Gasteiger partial charge in [-0.25, -0.2) is 9.78 Å². The number of ether oxygens (including phenoxy) is 1. The standard InChI is InChI=1S/C26H25N3O5S/c30-24(29-11-5-6-16(13-29)25(31)32)22-15-35-23(28-22)12-27-26(33)34-14-21-19-9-3-1-7-17(19)18-8-2-4-10-20(18)21/h1-4,7-10,15-16,21H,5-6,11-14H2,(H,27,33)(H,31,32)/t16-/m0/s1. The number of hydrogen-bond acceptors (Lipinski definition) is 6. The summed E-state index contributed by atoms with van der Waals surface area (Å²) in [7, 11) is 0. The molecule has 2 heterocycles. The van der Waals surface area contributed by atoms with E-state index in [1.807, 2.05) is 24.3 Å². The highest BCUT2D eigenvalue weighted by atomic mass is 32.1. The van der Waals surface area contributed by atoms with Gasteiger partial charge in [0.05, 0.1) is 12.5 Å². The highest BCUT2D eigenvalue weighted by molar-refractivity contribution is 7.09. The van der Waals surface area contributed by atoms with Crippen molar-refractivity contribution in [2.45, 2.75) is 25.3 Å². The fourth-order valence-electron chi connectivity index (χ4n) is 4.81. The van der Waals surface area contributed by atoms with Crippen molar-refractivity contribution in [2.24, 2.45) is 5.92 Å². The van der Waals surface area contributed by atoms with Crippen LogP contribution in [-0.4, -0.2) is 52.7 Å². The van der Waals surface area contributed by atoms with E-state index in [2.05, 4.69) is 34.6 Å². The molecule has 1 saturated heterocycles. The Bertz CT molecular complexity index is 1230. The summed E-state index contributed by atoms with van der Waals surface area (Å²) in [4.78, 5) is 42.3. The maximum atomic E-state index is 12.7. The Hall–Kier alpha value is -3.72. The van der Waals surface area contributed by atoms with Gasteiger partial charge in [-0.15, -0.1) is 11.3 Å². The molecule has 2 N–H and O–H groups in total. The summed E-state index contributed by atoms with van der Waals surface area (Å²) in [6.45, 7) is 1.08. The maximum absolute atomic E-state index is 12.7. The molecule has 1 aliphatic heterocycles. The lowest BCUT2D eigenvalue weighted by molar-refractivity contribution is -0.143. The lowest BCUT2D eigenvalue weighted by Gasteiger charge is -2.30. The summed E-state index contributed by atoms with van der Waals surface area (Å²) in [5.41, 5.74) is 4.89. The fraction of sp³-hybridized carbons (Fsp3) is 0.308. The fourth-order valence-corrected chi connectivity index (χ4v) is 5.52. The van der Waals surface area contributed by atoms with Gasteiger partial charge in [-0.2, -0.15) is 0 Å². The molecule has 8 nitrogen and oxygen atoms in total. The molecule has 1 aliphatic carbocycles. The number of piperidine rings is 1. The Kier molecular flexibility index (Phi) is 6.50. The van der Waals surface area contributed by atoms with Crippen molar-refractivity contribution in [2.75, 3.05) is 19.7 Å². The smallest absolute Gasteiger partial charge is 0.407 e. The minimum Gasteiger partial charge on any atom is -0.481 e. The van der Waals surface area contributed by atoms with Crippen molar-refractivity contribution >= 4 is 29.3 Å². The summed E-state index contributed by atoms with van der Waals surface area (Å²) in [6.07, 6.45) is 0.685. The number of likely N-dealkylation sites (tertiary alicyclic amines) is 1. The monoisotopic (exact) mass is 491 g/mol. The van der Waals surface area contributed by atoms with Crippen LogP contribution in [0.2, 0.25) is 0 Å². The number of hydrogen-bond donors (Lipinski definition) is 2. The molecule has 1 aromatic heterocycles. The Balaban J connectivity index is 1.15. The predicted molar refractivity (Wildman–Crippen MR) is 130 cm³/mol. The van der Waals surface area contributed by atoms with Gasteiger partial charge in [0.2, 0.25) is 0 Å². The van der Waals surface area contributed by atoms with Crippen molar-refractivity contribution in [3.8, 4) is 11.1 Å². The van der Waals surface area contributed by atoms with E-state index in [0.29, 0.717) is 24.4 Å². The van der Waals surface area contributed by atoms with E-state index < -0.39 is 18.0 Å². The van der Waals surface area contributed by atoms with Gasteiger partial charge in [-0.3, -0.25) is 9.59 Å². The van der Waals surface area contributed by atoms with Crippen LogP contribution < -0.4 is 5.32 Å². The van der Waals surface area contributed by atoms with Crippen LogP contribution in [0, 0.1) is 5.92 Å². The number of fused-ring (bicyclic) bond motifs is 3. The molecular weight excluding hydrogens is 466 g/mol. The lowest BCUT2D eigenvalue weighted by atomic mass is 9.98. The molecule has 0 bridgehead atoms. The lowest BCUT2D eigenvalue weighted by Crippen LogP contribution is -2.42. The molecule has 3 aromatic rings. The van der Waals surface area contributed by atoms with E-state index in [0.717, 1.165) is 11.1 Å². The summed E-state index contributed by atoms with van der Waals surface area (Å²) in [5, 5.41) is 14.2. The van der Waals surface area contributed by atoms with Crippen molar-refractivity contribution in [3.63, 3.8) is 0 Å². The van der Waals surface area contributed by atoms with Gasteiger partial charge in [0.1, 0.15) is 17.3 Å². The third-order valence-corrected chi connectivity index (χ3v) is 7.41. The predicted octanol–water partition coefficient (Wildman–Crippen LogP) is 4.12. The third kappa shape index (κ3) is 4.77. The second kappa shape index (κ2) is 9.87. The number of nitrogens with one attached hydrogen (secondary N) is 1. The minimum atomic E-state index is -0.881. The molecule has 5 rings (SSSR count). The summed E-state index contributed by atoms with van der Waals surface area (Å²) in [6, 6.07) is 16.3. The molecule has 9 heteroatoms. The topological polar surface area (TPSA) is 109 Å². The molecule has 0 saturated carbocycles. The van der Waals surface area contributed by atoms with Crippen molar-refractivity contribution in [1.82, 2.24) is 15.2 Å². The first-order valence-electron chi connectivity index (χ1n) is 11.6. The van der Waals surface area contributed by atoms with Crippen LogP contribution in [-0.2, 0) is 16.1 Å². The van der Waals surface area contributed by atoms with Gasteiger partial charge in [0.15, 0.2) is 0 Å². The van der Waals surface area contributed by atoms with Gasteiger partial charge < -0.3 is 20.1 Å². The molecule has 1 atom stereocenters. The normalized spacial score (nSPS) is 16.9. The Labute approximate surface area is 206 Å². The first-order valence-corrected chi connectivity index (χ1v) is 12.4. The molecule has 0 radical (unpaired) electrons. The highest BCUT2D eigenvalue weighted by Gasteiger charge is 2.30. The summed E-state index contributed by atoms with van der Waals surface area (Å²) >= 11 is 1.27. The first kappa shape index (κ1) is 23.0. The molecular formula is C26H25N3O5S. The Morgan fingerprint density at radius 3 is 2.46 bits per heavy atom. The average Bonchev–Trinajstić information content (AvgIpc) is 3.49. The van der Waals surface area contributed by atoms with Gasteiger partial charge in [0.25, 0.3) is 5.91 Å².